The van der Waals surface area contributed by atoms with Crippen LogP contribution in [0, 0.1) is 17.8 Å². The lowest BCUT2D eigenvalue weighted by molar-refractivity contribution is -0.122. The van der Waals surface area contributed by atoms with Gasteiger partial charge in [-0.2, -0.15) is 0 Å². The maximum Gasteiger partial charge on any atom is 0.337 e. The number of benzene rings is 1. The van der Waals surface area contributed by atoms with Crippen molar-refractivity contribution in [3.05, 3.63) is 35.4 Å². The molecule has 0 saturated heterocycles. The molecule has 1 aromatic rings. The fourth-order valence-electron chi connectivity index (χ4n) is 4.01. The van der Waals surface area contributed by atoms with Crippen LogP contribution in [0.1, 0.15) is 48.0 Å². The van der Waals surface area contributed by atoms with Gasteiger partial charge in [-0.3, -0.25) is 4.79 Å². The molecule has 2 saturated carbocycles. The number of amides is 1. The van der Waals surface area contributed by atoms with Crippen LogP contribution in [0.4, 0.5) is 0 Å². The number of rotatable bonds is 5. The minimum Gasteiger partial charge on any atom is -0.465 e. The second-order valence-electron chi connectivity index (χ2n) is 6.60. The van der Waals surface area contributed by atoms with E-state index in [9.17, 15) is 9.59 Å². The number of methoxy groups -OCH3 is 1. The van der Waals surface area contributed by atoms with E-state index in [1.807, 2.05) is 12.1 Å². The number of carbonyl (C=O) groups excluding carboxylic acids is 2. The Kier molecular flexibility index (Phi) is 4.46. The Labute approximate surface area is 131 Å². The maximum atomic E-state index is 12.1. The highest BCUT2D eigenvalue weighted by atomic mass is 16.5. The van der Waals surface area contributed by atoms with Crippen molar-refractivity contribution in [3.63, 3.8) is 0 Å². The Bertz CT molecular complexity index is 552. The molecule has 2 aliphatic carbocycles. The summed E-state index contributed by atoms with van der Waals surface area (Å²) in [5.74, 6) is 2.07. The lowest BCUT2D eigenvalue weighted by Crippen LogP contribution is -2.26. The predicted molar refractivity (Wildman–Crippen MR) is 83.2 cm³/mol. The zero-order valence-electron chi connectivity index (χ0n) is 13.0. The van der Waals surface area contributed by atoms with Gasteiger partial charge in [-0.25, -0.2) is 4.79 Å². The van der Waals surface area contributed by atoms with Crippen LogP contribution in [-0.2, 0) is 16.1 Å². The predicted octanol–water partition coefficient (Wildman–Crippen LogP) is 2.92. The Morgan fingerprint density at radius 1 is 1.18 bits per heavy atom. The first-order valence-corrected chi connectivity index (χ1v) is 8.09. The highest BCUT2D eigenvalue weighted by molar-refractivity contribution is 5.89. The van der Waals surface area contributed by atoms with Crippen molar-refractivity contribution >= 4 is 11.9 Å². The number of esters is 1. The molecule has 1 amide bonds. The maximum absolute atomic E-state index is 12.1. The molecule has 2 bridgehead atoms. The Morgan fingerprint density at radius 3 is 2.55 bits per heavy atom. The smallest absolute Gasteiger partial charge is 0.337 e. The summed E-state index contributed by atoms with van der Waals surface area (Å²) in [5, 5.41) is 2.99. The minimum absolute atomic E-state index is 0.148. The van der Waals surface area contributed by atoms with E-state index in [2.05, 4.69) is 10.1 Å². The van der Waals surface area contributed by atoms with Gasteiger partial charge in [-0.05, 0) is 54.7 Å². The van der Waals surface area contributed by atoms with Gasteiger partial charge in [0.25, 0.3) is 0 Å². The fraction of sp³-hybridized carbons (Fsp3) is 0.556. The molecule has 118 valence electrons. The van der Waals surface area contributed by atoms with Gasteiger partial charge in [0.15, 0.2) is 0 Å². The van der Waals surface area contributed by atoms with Crippen LogP contribution in [0.2, 0.25) is 0 Å². The Balaban J connectivity index is 1.45. The molecule has 0 spiro atoms. The summed E-state index contributed by atoms with van der Waals surface area (Å²) < 4.78 is 4.66. The van der Waals surface area contributed by atoms with E-state index in [1.54, 1.807) is 12.1 Å². The highest BCUT2D eigenvalue weighted by Gasteiger charge is 2.39. The average molecular weight is 301 g/mol. The molecule has 4 nitrogen and oxygen atoms in total. The molecular formula is C18H23NO3. The molecule has 2 aliphatic rings. The molecule has 1 aromatic carbocycles. The zero-order valence-corrected chi connectivity index (χ0v) is 13.0. The summed E-state index contributed by atoms with van der Waals surface area (Å²) in [4.78, 5) is 23.4. The summed E-state index contributed by atoms with van der Waals surface area (Å²) in [6, 6.07) is 7.15. The molecule has 4 heteroatoms. The van der Waals surface area contributed by atoms with Crippen molar-refractivity contribution in [2.75, 3.05) is 7.11 Å². The molecule has 0 radical (unpaired) electrons. The van der Waals surface area contributed by atoms with Crippen LogP contribution in [0.25, 0.3) is 0 Å². The van der Waals surface area contributed by atoms with Gasteiger partial charge >= 0.3 is 5.97 Å². The van der Waals surface area contributed by atoms with Crippen LogP contribution < -0.4 is 5.32 Å². The summed E-state index contributed by atoms with van der Waals surface area (Å²) in [7, 11) is 1.37. The molecular weight excluding hydrogens is 278 g/mol. The van der Waals surface area contributed by atoms with Crippen molar-refractivity contribution in [3.8, 4) is 0 Å². The van der Waals surface area contributed by atoms with Gasteiger partial charge in [0.05, 0.1) is 12.7 Å². The van der Waals surface area contributed by atoms with E-state index in [-0.39, 0.29) is 11.9 Å². The topological polar surface area (TPSA) is 55.4 Å². The Hall–Kier alpha value is -1.84. The third kappa shape index (κ3) is 3.32. The van der Waals surface area contributed by atoms with Gasteiger partial charge in [-0.1, -0.05) is 18.6 Å². The number of hydrogen-bond acceptors (Lipinski definition) is 3. The normalized spacial score (nSPS) is 26.0. The van der Waals surface area contributed by atoms with Gasteiger partial charge in [0.2, 0.25) is 5.91 Å². The van der Waals surface area contributed by atoms with Gasteiger partial charge in [-0.15, -0.1) is 0 Å². The fourth-order valence-corrected chi connectivity index (χ4v) is 4.01. The van der Waals surface area contributed by atoms with Crippen LogP contribution in [0.15, 0.2) is 24.3 Å². The number of ether oxygens (including phenoxy) is 1. The molecule has 0 aromatic heterocycles. The SMILES string of the molecule is COC(=O)c1ccc(CNC(=O)C[C@H]2C[C@H]3CC[C@H]2C3)cc1. The standard InChI is InChI=1S/C18H23NO3/c1-22-18(21)14-5-2-12(3-6-14)11-19-17(20)10-16-9-13-4-7-15(16)8-13/h2-3,5-6,13,15-16H,4,7-11H2,1H3,(H,19,20)/t13-,15-,16+/m0/s1. The number of carbonyl (C=O) groups is 2. The van der Waals surface area contributed by atoms with E-state index in [0.717, 1.165) is 17.4 Å². The van der Waals surface area contributed by atoms with Crippen LogP contribution in [0.3, 0.4) is 0 Å². The van der Waals surface area contributed by atoms with Crippen molar-refractivity contribution in [1.82, 2.24) is 5.32 Å². The zero-order chi connectivity index (χ0) is 15.5. The van der Waals surface area contributed by atoms with E-state index in [1.165, 1.54) is 32.8 Å². The summed E-state index contributed by atoms with van der Waals surface area (Å²) in [6.45, 7) is 0.515. The average Bonchev–Trinajstić information content (AvgIpc) is 3.15. The summed E-state index contributed by atoms with van der Waals surface area (Å²) >= 11 is 0. The molecule has 1 N–H and O–H groups in total. The van der Waals surface area contributed by atoms with E-state index < -0.39 is 0 Å². The molecule has 0 heterocycles. The van der Waals surface area contributed by atoms with Gasteiger partial charge < -0.3 is 10.1 Å². The van der Waals surface area contributed by atoms with Crippen molar-refractivity contribution in [2.45, 2.75) is 38.6 Å². The second-order valence-corrected chi connectivity index (χ2v) is 6.60. The molecule has 3 atom stereocenters. The van der Waals surface area contributed by atoms with Crippen LogP contribution in [-0.4, -0.2) is 19.0 Å². The van der Waals surface area contributed by atoms with E-state index in [4.69, 9.17) is 0 Å². The molecule has 22 heavy (non-hydrogen) atoms. The van der Waals surface area contributed by atoms with Crippen molar-refractivity contribution in [2.24, 2.45) is 17.8 Å². The number of fused-ring (bicyclic) bond motifs is 2. The van der Waals surface area contributed by atoms with Gasteiger partial charge in [0, 0.05) is 13.0 Å². The lowest BCUT2D eigenvalue weighted by atomic mass is 9.86. The quantitative estimate of drug-likeness (QED) is 0.851. The summed E-state index contributed by atoms with van der Waals surface area (Å²) in [5.41, 5.74) is 1.52. The lowest BCUT2D eigenvalue weighted by Gasteiger charge is -2.20. The van der Waals surface area contributed by atoms with E-state index >= 15 is 0 Å². The monoisotopic (exact) mass is 301 g/mol. The van der Waals surface area contributed by atoms with E-state index in [0.29, 0.717) is 24.4 Å². The van der Waals surface area contributed by atoms with Crippen molar-refractivity contribution in [1.29, 1.82) is 0 Å². The Morgan fingerprint density at radius 2 is 1.95 bits per heavy atom. The first-order chi connectivity index (χ1) is 10.7. The van der Waals surface area contributed by atoms with Gasteiger partial charge in [0.1, 0.15) is 0 Å². The third-order valence-electron chi connectivity index (χ3n) is 5.20. The number of nitrogens with one attached hydrogen (secondary N) is 1. The van der Waals surface area contributed by atoms with Crippen molar-refractivity contribution < 1.29 is 14.3 Å². The number of hydrogen-bond donors (Lipinski definition) is 1. The highest BCUT2D eigenvalue weighted by Crippen LogP contribution is 2.49. The summed E-state index contributed by atoms with van der Waals surface area (Å²) in [6.07, 6.45) is 5.94. The van der Waals surface area contributed by atoms with Crippen LogP contribution in [0.5, 0.6) is 0 Å². The first-order valence-electron chi connectivity index (χ1n) is 8.09. The second kappa shape index (κ2) is 6.51. The molecule has 0 unspecified atom stereocenters. The van der Waals surface area contributed by atoms with Crippen LogP contribution >= 0.6 is 0 Å². The molecule has 2 fully saturated rings. The minimum atomic E-state index is -0.341. The molecule has 3 rings (SSSR count). The largest absolute Gasteiger partial charge is 0.465 e. The third-order valence-corrected chi connectivity index (χ3v) is 5.20. The molecule has 0 aliphatic heterocycles. The first kappa shape index (κ1) is 15.1.